The number of hydrogen-bond donors (Lipinski definition) is 1. The summed E-state index contributed by atoms with van der Waals surface area (Å²) in [6.07, 6.45) is 4.58. The van der Waals surface area contributed by atoms with Crippen molar-refractivity contribution >= 4 is 11.9 Å². The molecule has 0 bridgehead atoms. The molecule has 1 aromatic carbocycles. The second-order valence-corrected chi connectivity index (χ2v) is 5.46. The standard InChI is InChI=1S/C17H20FN3O3/c1-3-4-12(2)20-16(22)10-24-17(23)15-9-19-11-21(15)14-7-5-13(18)6-8-14/h5-9,11-12H,3-4,10H2,1-2H3,(H,20,22). The van der Waals surface area contributed by atoms with Crippen LogP contribution in [0.5, 0.6) is 0 Å². The minimum Gasteiger partial charge on any atom is -0.451 e. The van der Waals surface area contributed by atoms with Crippen molar-refractivity contribution in [2.45, 2.75) is 32.7 Å². The van der Waals surface area contributed by atoms with Gasteiger partial charge < -0.3 is 10.1 Å². The summed E-state index contributed by atoms with van der Waals surface area (Å²) in [4.78, 5) is 27.8. The van der Waals surface area contributed by atoms with Crippen LogP contribution in [0.15, 0.2) is 36.8 Å². The van der Waals surface area contributed by atoms with E-state index in [4.69, 9.17) is 4.74 Å². The van der Waals surface area contributed by atoms with Crippen molar-refractivity contribution in [1.29, 1.82) is 0 Å². The van der Waals surface area contributed by atoms with Crippen LogP contribution in [0.3, 0.4) is 0 Å². The van der Waals surface area contributed by atoms with E-state index >= 15 is 0 Å². The zero-order chi connectivity index (χ0) is 17.5. The normalized spacial score (nSPS) is 11.8. The van der Waals surface area contributed by atoms with Gasteiger partial charge in [0.1, 0.15) is 5.82 Å². The van der Waals surface area contributed by atoms with Gasteiger partial charge >= 0.3 is 5.97 Å². The smallest absolute Gasteiger partial charge is 0.357 e. The highest BCUT2D eigenvalue weighted by Crippen LogP contribution is 2.13. The van der Waals surface area contributed by atoms with Crippen molar-refractivity contribution in [3.8, 4) is 5.69 Å². The molecule has 24 heavy (non-hydrogen) atoms. The molecule has 1 aromatic heterocycles. The lowest BCUT2D eigenvalue weighted by Gasteiger charge is -2.13. The van der Waals surface area contributed by atoms with Crippen LogP contribution in [-0.2, 0) is 9.53 Å². The number of rotatable bonds is 7. The topological polar surface area (TPSA) is 73.2 Å². The van der Waals surface area contributed by atoms with E-state index in [1.54, 1.807) is 0 Å². The van der Waals surface area contributed by atoms with Crippen LogP contribution in [0.4, 0.5) is 4.39 Å². The molecule has 128 valence electrons. The summed E-state index contributed by atoms with van der Waals surface area (Å²) < 4.78 is 19.5. The third-order valence-electron chi connectivity index (χ3n) is 3.42. The Morgan fingerprint density at radius 1 is 1.33 bits per heavy atom. The maximum absolute atomic E-state index is 13.0. The van der Waals surface area contributed by atoms with Crippen LogP contribution in [0.1, 0.15) is 37.2 Å². The number of imidazole rings is 1. The van der Waals surface area contributed by atoms with Gasteiger partial charge in [-0.3, -0.25) is 9.36 Å². The first-order chi connectivity index (χ1) is 11.5. The van der Waals surface area contributed by atoms with Crippen molar-refractivity contribution in [2.24, 2.45) is 0 Å². The Balaban J connectivity index is 1.97. The van der Waals surface area contributed by atoms with Crippen LogP contribution < -0.4 is 5.32 Å². The molecule has 0 fully saturated rings. The summed E-state index contributed by atoms with van der Waals surface area (Å²) in [6, 6.07) is 5.64. The van der Waals surface area contributed by atoms with E-state index in [0.717, 1.165) is 12.8 Å². The number of carbonyl (C=O) groups is 2. The van der Waals surface area contributed by atoms with Gasteiger partial charge in [0.25, 0.3) is 5.91 Å². The van der Waals surface area contributed by atoms with Gasteiger partial charge in [0, 0.05) is 11.7 Å². The van der Waals surface area contributed by atoms with E-state index in [9.17, 15) is 14.0 Å². The van der Waals surface area contributed by atoms with Gasteiger partial charge in [-0.2, -0.15) is 0 Å². The highest BCUT2D eigenvalue weighted by molar-refractivity contribution is 5.90. The number of halogens is 1. The number of esters is 1. The lowest BCUT2D eigenvalue weighted by molar-refractivity contribution is -0.124. The number of carbonyl (C=O) groups excluding carboxylic acids is 2. The summed E-state index contributed by atoms with van der Waals surface area (Å²) in [5, 5.41) is 2.75. The Morgan fingerprint density at radius 3 is 2.71 bits per heavy atom. The van der Waals surface area contributed by atoms with Gasteiger partial charge in [0.05, 0.1) is 12.5 Å². The molecule has 2 aromatic rings. The monoisotopic (exact) mass is 333 g/mol. The number of amides is 1. The molecule has 0 saturated carbocycles. The minimum atomic E-state index is -0.671. The summed E-state index contributed by atoms with van der Waals surface area (Å²) in [5.74, 6) is -1.40. The Labute approximate surface area is 139 Å². The molecule has 7 heteroatoms. The number of hydrogen-bond acceptors (Lipinski definition) is 4. The van der Waals surface area contributed by atoms with Crippen LogP contribution in [-0.4, -0.2) is 34.1 Å². The lowest BCUT2D eigenvalue weighted by Crippen LogP contribution is -2.35. The third kappa shape index (κ3) is 4.65. The zero-order valence-corrected chi connectivity index (χ0v) is 13.7. The molecule has 0 aliphatic rings. The molecule has 0 aliphatic heterocycles. The van der Waals surface area contributed by atoms with Crippen molar-refractivity contribution in [1.82, 2.24) is 14.9 Å². The van der Waals surface area contributed by atoms with Gasteiger partial charge in [-0.15, -0.1) is 0 Å². The highest BCUT2D eigenvalue weighted by atomic mass is 19.1. The second-order valence-electron chi connectivity index (χ2n) is 5.46. The molecule has 1 heterocycles. The van der Waals surface area contributed by atoms with Crippen molar-refractivity contribution < 1.29 is 18.7 Å². The first-order valence-corrected chi connectivity index (χ1v) is 7.76. The molecule has 2 rings (SSSR count). The molecule has 0 radical (unpaired) electrons. The number of nitrogens with zero attached hydrogens (tertiary/aromatic N) is 2. The van der Waals surface area contributed by atoms with Crippen molar-refractivity contribution in [2.75, 3.05) is 6.61 Å². The Bertz CT molecular complexity index is 697. The van der Waals surface area contributed by atoms with Crippen LogP contribution in [0.2, 0.25) is 0 Å². The van der Waals surface area contributed by atoms with Gasteiger partial charge in [-0.25, -0.2) is 14.2 Å². The fourth-order valence-electron chi connectivity index (χ4n) is 2.28. The molecule has 1 N–H and O–H groups in total. The first kappa shape index (κ1) is 17.7. The Morgan fingerprint density at radius 2 is 2.04 bits per heavy atom. The summed E-state index contributed by atoms with van der Waals surface area (Å²) in [7, 11) is 0. The highest BCUT2D eigenvalue weighted by Gasteiger charge is 2.16. The predicted octanol–water partition coefficient (Wildman–Crippen LogP) is 2.47. The molecule has 0 aliphatic carbocycles. The van der Waals surface area contributed by atoms with Crippen LogP contribution in [0, 0.1) is 5.82 Å². The maximum Gasteiger partial charge on any atom is 0.357 e. The molecule has 1 unspecified atom stereocenters. The number of benzene rings is 1. The Kier molecular flexibility index (Phi) is 6.06. The van der Waals surface area contributed by atoms with Gasteiger partial charge in [0.2, 0.25) is 0 Å². The Hall–Kier alpha value is -2.70. The van der Waals surface area contributed by atoms with Gasteiger partial charge in [0.15, 0.2) is 12.3 Å². The molecule has 6 nitrogen and oxygen atoms in total. The minimum absolute atomic E-state index is 0.0333. The van der Waals surface area contributed by atoms with E-state index in [2.05, 4.69) is 10.3 Å². The fourth-order valence-corrected chi connectivity index (χ4v) is 2.28. The molecular formula is C17H20FN3O3. The number of ether oxygens (including phenoxy) is 1. The van der Waals surface area contributed by atoms with E-state index in [1.165, 1.54) is 41.4 Å². The van der Waals surface area contributed by atoms with Crippen LogP contribution in [0.25, 0.3) is 5.69 Å². The van der Waals surface area contributed by atoms with Gasteiger partial charge in [-0.1, -0.05) is 13.3 Å². The largest absolute Gasteiger partial charge is 0.451 e. The molecule has 0 saturated heterocycles. The maximum atomic E-state index is 13.0. The van der Waals surface area contributed by atoms with E-state index in [1.807, 2.05) is 13.8 Å². The van der Waals surface area contributed by atoms with Crippen molar-refractivity contribution in [3.63, 3.8) is 0 Å². The number of nitrogens with one attached hydrogen (secondary N) is 1. The van der Waals surface area contributed by atoms with E-state index < -0.39 is 5.97 Å². The fraction of sp³-hybridized carbons (Fsp3) is 0.353. The average Bonchev–Trinajstić information content (AvgIpc) is 3.03. The summed E-state index contributed by atoms with van der Waals surface area (Å²) in [5.41, 5.74) is 0.734. The first-order valence-electron chi connectivity index (χ1n) is 7.76. The molecular weight excluding hydrogens is 313 g/mol. The van der Waals surface area contributed by atoms with E-state index in [0.29, 0.717) is 5.69 Å². The van der Waals surface area contributed by atoms with Crippen molar-refractivity contribution in [3.05, 3.63) is 48.3 Å². The SMILES string of the molecule is CCCC(C)NC(=O)COC(=O)c1cncn1-c1ccc(F)cc1. The molecule has 1 amide bonds. The van der Waals surface area contributed by atoms with Gasteiger partial charge in [-0.05, 0) is 37.6 Å². The number of aromatic nitrogens is 2. The second kappa shape index (κ2) is 8.24. The summed E-state index contributed by atoms with van der Waals surface area (Å²) in [6.45, 7) is 3.56. The zero-order valence-electron chi connectivity index (χ0n) is 13.7. The molecule has 1 atom stereocenters. The average molecular weight is 333 g/mol. The summed E-state index contributed by atoms with van der Waals surface area (Å²) >= 11 is 0. The molecule has 0 spiro atoms. The third-order valence-corrected chi connectivity index (χ3v) is 3.42. The van der Waals surface area contributed by atoms with Crippen LogP contribution >= 0.6 is 0 Å². The quantitative estimate of drug-likeness (QED) is 0.790. The predicted molar refractivity (Wildman–Crippen MR) is 86.3 cm³/mol. The lowest BCUT2D eigenvalue weighted by atomic mass is 10.2. The van der Waals surface area contributed by atoms with E-state index in [-0.39, 0.29) is 30.1 Å².